The Morgan fingerprint density at radius 3 is 2.19 bits per heavy atom. The van der Waals surface area contributed by atoms with Gasteiger partial charge in [0.15, 0.2) is 0 Å². The van der Waals surface area contributed by atoms with Crippen LogP contribution in [0.2, 0.25) is 0 Å². The largest absolute Gasteiger partial charge is 0.345 e. The third-order valence-electron chi connectivity index (χ3n) is 5.03. The van der Waals surface area contributed by atoms with Crippen molar-refractivity contribution in [3.63, 3.8) is 0 Å². The molecule has 1 aromatic heterocycles. The normalized spacial score (nSPS) is 12.3. The van der Waals surface area contributed by atoms with Crippen LogP contribution in [0, 0.1) is 6.92 Å². The summed E-state index contributed by atoms with van der Waals surface area (Å²) < 4.78 is 1.71. The van der Waals surface area contributed by atoms with Crippen molar-refractivity contribution in [2.75, 3.05) is 0 Å². The number of carbonyl (C=O) groups excluding carboxylic acids is 1. The smallest absolute Gasteiger partial charge is 0.258 e. The average molecular weight is 362 g/mol. The molecule has 3 aromatic rings. The first-order valence-corrected chi connectivity index (χ1v) is 9.45. The van der Waals surface area contributed by atoms with Gasteiger partial charge in [-0.05, 0) is 38.8 Å². The van der Waals surface area contributed by atoms with Crippen molar-refractivity contribution >= 4 is 16.7 Å². The van der Waals surface area contributed by atoms with E-state index in [4.69, 9.17) is 0 Å². The first kappa shape index (κ1) is 18.9. The average Bonchev–Trinajstić information content (AvgIpc) is 2.66. The summed E-state index contributed by atoms with van der Waals surface area (Å²) in [5.41, 5.74) is 2.31. The van der Waals surface area contributed by atoms with Crippen LogP contribution < -0.4 is 10.9 Å². The summed E-state index contributed by atoms with van der Waals surface area (Å²) in [4.78, 5) is 26.2. The van der Waals surface area contributed by atoms with E-state index in [1.807, 2.05) is 69.3 Å². The Bertz CT molecular complexity index is 1020. The van der Waals surface area contributed by atoms with E-state index in [1.165, 1.54) is 0 Å². The molecular weight excluding hydrogens is 336 g/mol. The highest BCUT2D eigenvalue weighted by Gasteiger charge is 2.22. The molecule has 0 fully saturated rings. The monoisotopic (exact) mass is 362 g/mol. The summed E-state index contributed by atoms with van der Waals surface area (Å²) in [5, 5.41) is 4.45. The van der Waals surface area contributed by atoms with E-state index in [1.54, 1.807) is 10.6 Å². The summed E-state index contributed by atoms with van der Waals surface area (Å²) in [7, 11) is 0. The predicted octanol–water partition coefficient (Wildman–Crippen LogP) is 4.77. The van der Waals surface area contributed by atoms with Gasteiger partial charge >= 0.3 is 0 Å². The summed E-state index contributed by atoms with van der Waals surface area (Å²) in [6.45, 7) is 7.83. The van der Waals surface area contributed by atoms with Gasteiger partial charge in [-0.25, -0.2) is 0 Å². The fourth-order valence-corrected chi connectivity index (χ4v) is 3.73. The van der Waals surface area contributed by atoms with E-state index in [2.05, 4.69) is 12.2 Å². The van der Waals surface area contributed by atoms with Gasteiger partial charge < -0.3 is 9.88 Å². The highest BCUT2D eigenvalue weighted by atomic mass is 16.2. The van der Waals surface area contributed by atoms with Crippen molar-refractivity contribution in [3.8, 4) is 0 Å². The fraction of sp³-hybridized carbons (Fsp3) is 0.304. The Kier molecular flexibility index (Phi) is 5.45. The van der Waals surface area contributed by atoms with Gasteiger partial charge in [0.25, 0.3) is 11.5 Å². The van der Waals surface area contributed by atoms with E-state index in [0.717, 1.165) is 12.0 Å². The summed E-state index contributed by atoms with van der Waals surface area (Å²) in [6, 6.07) is 17.2. The molecule has 0 unspecified atom stereocenters. The number of nitrogens with zero attached hydrogens (tertiary/aromatic N) is 1. The van der Waals surface area contributed by atoms with Crippen LogP contribution in [-0.4, -0.2) is 10.5 Å². The SMILES string of the molecule is CC[C@H](NC(=O)c1c(C)n(C(C)C)c(=O)c2ccccc12)c1ccccc1. The molecule has 0 radical (unpaired) electrons. The molecule has 4 heteroatoms. The zero-order chi connectivity index (χ0) is 19.6. The quantitative estimate of drug-likeness (QED) is 0.711. The highest BCUT2D eigenvalue weighted by Crippen LogP contribution is 2.23. The maximum absolute atomic E-state index is 13.3. The minimum absolute atomic E-state index is 0.0234. The van der Waals surface area contributed by atoms with E-state index in [9.17, 15) is 9.59 Å². The maximum atomic E-state index is 13.3. The summed E-state index contributed by atoms with van der Waals surface area (Å²) in [6.07, 6.45) is 0.788. The number of nitrogens with one attached hydrogen (secondary N) is 1. The van der Waals surface area contributed by atoms with E-state index >= 15 is 0 Å². The second-order valence-corrected chi connectivity index (χ2v) is 7.12. The molecule has 2 aromatic carbocycles. The lowest BCUT2D eigenvalue weighted by Crippen LogP contribution is -2.33. The van der Waals surface area contributed by atoms with Crippen LogP contribution in [0.5, 0.6) is 0 Å². The first-order valence-electron chi connectivity index (χ1n) is 9.45. The summed E-state index contributed by atoms with van der Waals surface area (Å²) >= 11 is 0. The van der Waals surface area contributed by atoms with Crippen molar-refractivity contribution in [2.24, 2.45) is 0 Å². The van der Waals surface area contributed by atoms with Crippen molar-refractivity contribution in [3.05, 3.63) is 81.8 Å². The number of rotatable bonds is 5. The molecule has 0 aliphatic carbocycles. The van der Waals surface area contributed by atoms with Crippen LogP contribution in [0.4, 0.5) is 0 Å². The van der Waals surface area contributed by atoms with Crippen molar-refractivity contribution in [1.29, 1.82) is 0 Å². The van der Waals surface area contributed by atoms with Crippen LogP contribution >= 0.6 is 0 Å². The lowest BCUT2D eigenvalue weighted by Gasteiger charge is -2.22. The molecule has 27 heavy (non-hydrogen) atoms. The van der Waals surface area contributed by atoms with Gasteiger partial charge in [-0.15, -0.1) is 0 Å². The number of hydrogen-bond acceptors (Lipinski definition) is 2. The number of benzene rings is 2. The molecule has 1 atom stereocenters. The van der Waals surface area contributed by atoms with Crippen molar-refractivity contribution in [1.82, 2.24) is 9.88 Å². The van der Waals surface area contributed by atoms with Crippen LogP contribution in [-0.2, 0) is 0 Å². The van der Waals surface area contributed by atoms with Gasteiger partial charge in [0.1, 0.15) is 0 Å². The standard InChI is InChI=1S/C23H26N2O2/c1-5-20(17-11-7-6-8-12-17)24-22(26)21-16(4)25(15(2)3)23(27)19-14-10-9-13-18(19)21/h6-15,20H,5H2,1-4H3,(H,24,26)/t20-/m0/s1. The molecular formula is C23H26N2O2. The Labute approximate surface area is 159 Å². The number of aromatic nitrogens is 1. The van der Waals surface area contributed by atoms with Crippen LogP contribution in [0.3, 0.4) is 0 Å². The zero-order valence-electron chi connectivity index (χ0n) is 16.3. The molecule has 0 aliphatic heterocycles. The van der Waals surface area contributed by atoms with E-state index in [-0.39, 0.29) is 23.6 Å². The molecule has 0 saturated carbocycles. The van der Waals surface area contributed by atoms with E-state index in [0.29, 0.717) is 22.0 Å². The topological polar surface area (TPSA) is 51.1 Å². The summed E-state index contributed by atoms with van der Waals surface area (Å²) in [5.74, 6) is -0.145. The Balaban J connectivity index is 2.13. The lowest BCUT2D eigenvalue weighted by molar-refractivity contribution is 0.0935. The second-order valence-electron chi connectivity index (χ2n) is 7.12. The van der Waals surface area contributed by atoms with Gasteiger partial charge in [-0.2, -0.15) is 0 Å². The Hall–Kier alpha value is -2.88. The first-order chi connectivity index (χ1) is 13.0. The molecule has 0 spiro atoms. The van der Waals surface area contributed by atoms with Crippen LogP contribution in [0.25, 0.3) is 10.8 Å². The van der Waals surface area contributed by atoms with Gasteiger partial charge in [-0.1, -0.05) is 55.5 Å². The predicted molar refractivity (Wildman–Crippen MR) is 110 cm³/mol. The van der Waals surface area contributed by atoms with E-state index < -0.39 is 0 Å². The van der Waals surface area contributed by atoms with Gasteiger partial charge in [0.05, 0.1) is 11.6 Å². The molecule has 0 bridgehead atoms. The molecule has 3 rings (SSSR count). The molecule has 0 aliphatic rings. The number of amides is 1. The zero-order valence-corrected chi connectivity index (χ0v) is 16.3. The molecule has 1 heterocycles. The van der Waals surface area contributed by atoms with Gasteiger partial charge in [0, 0.05) is 22.5 Å². The molecule has 0 saturated heterocycles. The number of hydrogen-bond donors (Lipinski definition) is 1. The minimum atomic E-state index is -0.145. The molecule has 140 valence electrons. The molecule has 4 nitrogen and oxygen atoms in total. The maximum Gasteiger partial charge on any atom is 0.258 e. The lowest BCUT2D eigenvalue weighted by atomic mass is 10.0. The second kappa shape index (κ2) is 7.78. The third kappa shape index (κ3) is 3.52. The van der Waals surface area contributed by atoms with Gasteiger partial charge in [0.2, 0.25) is 0 Å². The number of pyridine rings is 1. The Morgan fingerprint density at radius 2 is 1.59 bits per heavy atom. The molecule has 1 amide bonds. The third-order valence-corrected chi connectivity index (χ3v) is 5.03. The van der Waals surface area contributed by atoms with Gasteiger partial charge in [-0.3, -0.25) is 9.59 Å². The van der Waals surface area contributed by atoms with Crippen LogP contribution in [0.1, 0.15) is 60.9 Å². The van der Waals surface area contributed by atoms with Crippen LogP contribution in [0.15, 0.2) is 59.4 Å². The molecule has 1 N–H and O–H groups in total. The Morgan fingerprint density at radius 1 is 1.00 bits per heavy atom. The minimum Gasteiger partial charge on any atom is -0.345 e. The highest BCUT2D eigenvalue weighted by molar-refractivity contribution is 6.07. The number of fused-ring (bicyclic) bond motifs is 1. The van der Waals surface area contributed by atoms with Crippen molar-refractivity contribution in [2.45, 2.75) is 46.2 Å². The number of carbonyl (C=O) groups is 1. The van der Waals surface area contributed by atoms with Crippen molar-refractivity contribution < 1.29 is 4.79 Å². The fourth-order valence-electron chi connectivity index (χ4n) is 3.73.